The van der Waals surface area contributed by atoms with Crippen LogP contribution in [0.3, 0.4) is 0 Å². The van der Waals surface area contributed by atoms with Crippen LogP contribution in [0.15, 0.2) is 52.1 Å². The van der Waals surface area contributed by atoms with Gasteiger partial charge in [0.15, 0.2) is 5.58 Å². The Morgan fingerprint density at radius 1 is 1.19 bits per heavy atom. The smallest absolute Gasteiger partial charge is 0.257 e. The van der Waals surface area contributed by atoms with E-state index in [4.69, 9.17) is 25.5 Å². The van der Waals surface area contributed by atoms with E-state index in [1.807, 2.05) is 31.2 Å². The molecule has 0 saturated carbocycles. The number of carbonyl (C=O) groups excluding carboxylic acids is 1. The summed E-state index contributed by atoms with van der Waals surface area (Å²) < 4.78 is 16.5. The van der Waals surface area contributed by atoms with Crippen LogP contribution in [0.5, 0.6) is 11.5 Å². The number of carbonyl (C=O) groups is 1. The normalized spacial score (nSPS) is 10.7. The number of benzene rings is 2. The Labute approximate surface area is 166 Å². The highest BCUT2D eigenvalue weighted by Crippen LogP contribution is 2.25. The van der Waals surface area contributed by atoms with Crippen molar-refractivity contribution in [1.82, 2.24) is 10.3 Å². The summed E-state index contributed by atoms with van der Waals surface area (Å²) in [5, 5.41) is 3.82. The largest absolute Gasteiger partial charge is 0.494 e. The molecule has 1 amide bonds. The molecule has 0 aliphatic heterocycles. The average Bonchev–Trinajstić information content (AvgIpc) is 3.07. The molecule has 8 heteroatoms. The lowest BCUT2D eigenvalue weighted by atomic mass is 10.3. The summed E-state index contributed by atoms with van der Waals surface area (Å²) in [5.74, 6) is 1.63. The number of oxazole rings is 1. The molecule has 0 aliphatic carbocycles. The Morgan fingerprint density at radius 3 is 2.67 bits per heavy atom. The van der Waals surface area contributed by atoms with Crippen molar-refractivity contribution >= 4 is 40.4 Å². The summed E-state index contributed by atoms with van der Waals surface area (Å²) in [6.45, 7) is 3.36. The Morgan fingerprint density at radius 2 is 1.93 bits per heavy atom. The average molecular weight is 407 g/mol. The van der Waals surface area contributed by atoms with Gasteiger partial charge in [0.25, 0.3) is 5.22 Å². The van der Waals surface area contributed by atoms with Crippen LogP contribution < -0.4 is 14.8 Å². The molecule has 3 rings (SSSR count). The molecule has 0 aliphatic rings. The van der Waals surface area contributed by atoms with Crippen molar-refractivity contribution in [2.75, 3.05) is 25.5 Å². The number of ether oxygens (including phenoxy) is 2. The lowest BCUT2D eigenvalue weighted by molar-refractivity contribution is -0.118. The molecule has 0 bridgehead atoms. The van der Waals surface area contributed by atoms with Gasteiger partial charge in [-0.3, -0.25) is 4.79 Å². The predicted octanol–water partition coefficient (Wildman–Crippen LogP) is 4.17. The van der Waals surface area contributed by atoms with E-state index < -0.39 is 0 Å². The molecular weight excluding hydrogens is 388 g/mol. The van der Waals surface area contributed by atoms with E-state index >= 15 is 0 Å². The number of rotatable bonds is 9. The summed E-state index contributed by atoms with van der Waals surface area (Å²) in [6, 6.07) is 12.6. The number of amides is 1. The fourth-order valence-electron chi connectivity index (χ4n) is 2.28. The second-order valence-electron chi connectivity index (χ2n) is 5.48. The maximum Gasteiger partial charge on any atom is 0.257 e. The van der Waals surface area contributed by atoms with Crippen molar-refractivity contribution in [2.24, 2.45) is 0 Å². The monoisotopic (exact) mass is 406 g/mol. The molecule has 6 nitrogen and oxygen atoms in total. The molecule has 1 heterocycles. The third-order valence-corrected chi connectivity index (χ3v) is 4.55. The van der Waals surface area contributed by atoms with Gasteiger partial charge in [-0.05, 0) is 43.3 Å². The van der Waals surface area contributed by atoms with Crippen LogP contribution in [0.2, 0.25) is 5.02 Å². The van der Waals surface area contributed by atoms with Crippen LogP contribution in [0.1, 0.15) is 6.92 Å². The molecule has 0 radical (unpaired) electrons. The zero-order chi connectivity index (χ0) is 19.1. The molecular formula is C19H19ClN2O4S. The van der Waals surface area contributed by atoms with Crippen molar-refractivity contribution < 1.29 is 18.7 Å². The van der Waals surface area contributed by atoms with Crippen LogP contribution >= 0.6 is 23.4 Å². The number of thioether (sulfide) groups is 1. The van der Waals surface area contributed by atoms with Gasteiger partial charge in [0.2, 0.25) is 5.91 Å². The highest BCUT2D eigenvalue weighted by molar-refractivity contribution is 7.99. The fourth-order valence-corrected chi connectivity index (χ4v) is 3.11. The van der Waals surface area contributed by atoms with Gasteiger partial charge in [0, 0.05) is 11.1 Å². The van der Waals surface area contributed by atoms with Gasteiger partial charge in [-0.15, -0.1) is 0 Å². The number of fused-ring (bicyclic) bond motifs is 1. The van der Waals surface area contributed by atoms with E-state index in [9.17, 15) is 4.79 Å². The number of hydrogen-bond donors (Lipinski definition) is 1. The van der Waals surface area contributed by atoms with Gasteiger partial charge in [-0.2, -0.15) is 0 Å². The zero-order valence-corrected chi connectivity index (χ0v) is 16.3. The predicted molar refractivity (Wildman–Crippen MR) is 106 cm³/mol. The first-order valence-corrected chi connectivity index (χ1v) is 9.81. The number of hydrogen-bond acceptors (Lipinski definition) is 6. The van der Waals surface area contributed by atoms with Crippen molar-refractivity contribution in [2.45, 2.75) is 12.1 Å². The number of nitrogens with zero attached hydrogens (tertiary/aromatic N) is 1. The lowest BCUT2D eigenvalue weighted by Crippen LogP contribution is -2.29. The number of nitrogens with one attached hydrogen (secondary N) is 1. The Bertz CT molecular complexity index is 898. The minimum Gasteiger partial charge on any atom is -0.494 e. The van der Waals surface area contributed by atoms with E-state index in [1.165, 1.54) is 11.8 Å². The molecule has 1 aromatic heterocycles. The SMILES string of the molecule is CCOc1ccc(OCCNC(=O)CSc2nc3ccc(Cl)cc3o2)cc1. The maximum atomic E-state index is 11.9. The Hall–Kier alpha value is -2.38. The molecule has 0 saturated heterocycles. The van der Waals surface area contributed by atoms with Gasteiger partial charge in [0.1, 0.15) is 23.6 Å². The molecule has 3 aromatic rings. The van der Waals surface area contributed by atoms with Crippen molar-refractivity contribution in [3.8, 4) is 11.5 Å². The molecule has 142 valence electrons. The minimum atomic E-state index is -0.115. The van der Waals surface area contributed by atoms with Crippen LogP contribution in [-0.4, -0.2) is 36.4 Å². The third-order valence-electron chi connectivity index (χ3n) is 3.49. The third kappa shape index (κ3) is 5.80. The fraction of sp³-hybridized carbons (Fsp3) is 0.263. The van der Waals surface area contributed by atoms with E-state index in [0.717, 1.165) is 11.5 Å². The van der Waals surface area contributed by atoms with E-state index in [2.05, 4.69) is 10.3 Å². The molecule has 1 N–H and O–H groups in total. The van der Waals surface area contributed by atoms with Gasteiger partial charge in [0.05, 0.1) is 18.9 Å². The van der Waals surface area contributed by atoms with Crippen molar-refractivity contribution in [1.29, 1.82) is 0 Å². The summed E-state index contributed by atoms with van der Waals surface area (Å²) in [6.07, 6.45) is 0. The van der Waals surface area contributed by atoms with E-state index in [1.54, 1.807) is 18.2 Å². The topological polar surface area (TPSA) is 73.6 Å². The van der Waals surface area contributed by atoms with E-state index in [0.29, 0.717) is 41.1 Å². The first-order valence-electron chi connectivity index (χ1n) is 8.45. The van der Waals surface area contributed by atoms with Crippen LogP contribution in [0.25, 0.3) is 11.1 Å². The Kier molecular flexibility index (Phi) is 6.84. The van der Waals surface area contributed by atoms with Crippen LogP contribution in [0, 0.1) is 0 Å². The Balaban J connectivity index is 1.36. The quantitative estimate of drug-likeness (QED) is 0.424. The second-order valence-corrected chi connectivity index (χ2v) is 6.85. The van der Waals surface area contributed by atoms with E-state index in [-0.39, 0.29) is 11.7 Å². The summed E-state index contributed by atoms with van der Waals surface area (Å²) >= 11 is 7.15. The number of aromatic nitrogens is 1. The zero-order valence-electron chi connectivity index (χ0n) is 14.7. The molecule has 0 fully saturated rings. The standard InChI is InChI=1S/C19H19ClN2O4S/c1-2-24-14-4-6-15(7-5-14)25-10-9-21-18(23)12-27-19-22-16-8-3-13(20)11-17(16)26-19/h3-8,11H,2,9-10,12H2,1H3,(H,21,23). The maximum absolute atomic E-state index is 11.9. The van der Waals surface area contributed by atoms with Crippen molar-refractivity contribution in [3.63, 3.8) is 0 Å². The van der Waals surface area contributed by atoms with Gasteiger partial charge < -0.3 is 19.2 Å². The van der Waals surface area contributed by atoms with Crippen LogP contribution in [0.4, 0.5) is 0 Å². The highest BCUT2D eigenvalue weighted by Gasteiger charge is 2.09. The lowest BCUT2D eigenvalue weighted by Gasteiger charge is -2.08. The molecule has 0 atom stereocenters. The molecule has 2 aromatic carbocycles. The number of halogens is 1. The second kappa shape index (κ2) is 9.53. The summed E-state index contributed by atoms with van der Waals surface area (Å²) in [7, 11) is 0. The van der Waals surface area contributed by atoms with Crippen LogP contribution in [-0.2, 0) is 4.79 Å². The van der Waals surface area contributed by atoms with Gasteiger partial charge in [-0.1, -0.05) is 23.4 Å². The molecule has 27 heavy (non-hydrogen) atoms. The molecule has 0 spiro atoms. The summed E-state index contributed by atoms with van der Waals surface area (Å²) in [5.41, 5.74) is 1.32. The van der Waals surface area contributed by atoms with Gasteiger partial charge >= 0.3 is 0 Å². The first-order chi connectivity index (χ1) is 13.1. The first kappa shape index (κ1) is 19.4. The summed E-state index contributed by atoms with van der Waals surface area (Å²) in [4.78, 5) is 16.2. The highest BCUT2D eigenvalue weighted by atomic mass is 35.5. The minimum absolute atomic E-state index is 0.115. The van der Waals surface area contributed by atoms with Gasteiger partial charge in [-0.25, -0.2) is 4.98 Å². The van der Waals surface area contributed by atoms with Crippen molar-refractivity contribution in [3.05, 3.63) is 47.5 Å². The molecule has 0 unspecified atom stereocenters.